The van der Waals surface area contributed by atoms with Gasteiger partial charge in [-0.3, -0.25) is 4.79 Å². The van der Waals surface area contributed by atoms with Crippen molar-refractivity contribution in [1.82, 2.24) is 4.98 Å². The van der Waals surface area contributed by atoms with Crippen molar-refractivity contribution in [3.05, 3.63) is 44.8 Å². The third kappa shape index (κ3) is 2.97. The number of hydrogen-bond donors (Lipinski definition) is 0. The lowest BCUT2D eigenvalue weighted by Crippen LogP contribution is -2.17. The number of anilines is 1. The van der Waals surface area contributed by atoms with Crippen LogP contribution in [0.15, 0.2) is 33.6 Å². The fourth-order valence-electron chi connectivity index (χ4n) is 1.68. The van der Waals surface area contributed by atoms with Crippen molar-refractivity contribution in [3.8, 4) is 0 Å². The topological polar surface area (TPSA) is 33.2 Å². The zero-order valence-electron chi connectivity index (χ0n) is 10.2. The molecule has 0 atom stereocenters. The summed E-state index contributed by atoms with van der Waals surface area (Å²) < 4.78 is 0.924. The molecule has 1 heterocycles. The van der Waals surface area contributed by atoms with Crippen LogP contribution in [0, 0.1) is 0 Å². The van der Waals surface area contributed by atoms with Gasteiger partial charge in [0.2, 0.25) is 0 Å². The highest BCUT2D eigenvalue weighted by Gasteiger charge is 2.09. The van der Waals surface area contributed by atoms with Gasteiger partial charge in [-0.2, -0.15) is 0 Å². The molecule has 2 rings (SSSR count). The summed E-state index contributed by atoms with van der Waals surface area (Å²) >= 11 is 5.10. The van der Waals surface area contributed by atoms with Crippen molar-refractivity contribution < 1.29 is 4.79 Å². The number of benzene rings is 1. The third-order valence-corrected chi connectivity index (χ3v) is 3.92. The monoisotopic (exact) mass is 324 g/mol. The minimum absolute atomic E-state index is 0.0735. The van der Waals surface area contributed by atoms with Gasteiger partial charge in [-0.15, -0.1) is 11.3 Å². The number of aromatic nitrogens is 1. The minimum Gasteiger partial charge on any atom is -0.368 e. The molecule has 18 heavy (non-hydrogen) atoms. The standard InChI is InChI=1S/C13H13BrN2OS/c1-9(17)10-3-4-13(12(14)5-10)16(2)6-11-7-18-8-15-11/h3-5,7-8H,6H2,1-2H3. The van der Waals surface area contributed by atoms with E-state index < -0.39 is 0 Å². The first-order valence-corrected chi connectivity index (χ1v) is 7.20. The summed E-state index contributed by atoms with van der Waals surface area (Å²) in [6, 6.07) is 5.66. The number of nitrogens with zero attached hydrogens (tertiary/aromatic N) is 2. The van der Waals surface area contributed by atoms with Crippen LogP contribution >= 0.6 is 27.3 Å². The Morgan fingerprint density at radius 1 is 1.50 bits per heavy atom. The van der Waals surface area contributed by atoms with Crippen molar-refractivity contribution in [2.45, 2.75) is 13.5 Å². The van der Waals surface area contributed by atoms with Gasteiger partial charge < -0.3 is 4.90 Å². The van der Waals surface area contributed by atoms with Crippen LogP contribution in [-0.4, -0.2) is 17.8 Å². The van der Waals surface area contributed by atoms with Crippen molar-refractivity contribution >= 4 is 38.7 Å². The second kappa shape index (κ2) is 5.63. The molecule has 1 aromatic carbocycles. The molecule has 2 aromatic rings. The Morgan fingerprint density at radius 3 is 2.83 bits per heavy atom. The second-order valence-corrected chi connectivity index (χ2v) is 5.63. The Bertz CT molecular complexity index is 554. The van der Waals surface area contributed by atoms with Gasteiger partial charge in [0.1, 0.15) is 0 Å². The molecule has 0 bridgehead atoms. The van der Waals surface area contributed by atoms with E-state index in [0.29, 0.717) is 5.56 Å². The van der Waals surface area contributed by atoms with Crippen molar-refractivity contribution in [3.63, 3.8) is 0 Å². The molecule has 1 aromatic heterocycles. The van der Waals surface area contributed by atoms with E-state index in [1.807, 2.05) is 36.1 Å². The smallest absolute Gasteiger partial charge is 0.159 e. The molecule has 0 unspecified atom stereocenters. The Morgan fingerprint density at radius 2 is 2.28 bits per heavy atom. The van der Waals surface area contributed by atoms with Crippen molar-refractivity contribution in [2.24, 2.45) is 0 Å². The molecule has 5 heteroatoms. The van der Waals surface area contributed by atoms with Crippen LogP contribution < -0.4 is 4.90 Å². The molecule has 0 aliphatic carbocycles. The summed E-state index contributed by atoms with van der Waals surface area (Å²) in [5.41, 5.74) is 4.64. The van der Waals surface area contributed by atoms with Crippen LogP contribution in [0.5, 0.6) is 0 Å². The molecule has 0 N–H and O–H groups in total. The number of thiazole rings is 1. The van der Waals surface area contributed by atoms with Gasteiger partial charge in [-0.1, -0.05) is 0 Å². The number of rotatable bonds is 4. The zero-order valence-corrected chi connectivity index (χ0v) is 12.6. The fourth-order valence-corrected chi connectivity index (χ4v) is 2.91. The van der Waals surface area contributed by atoms with Crippen LogP contribution in [0.3, 0.4) is 0 Å². The summed E-state index contributed by atoms with van der Waals surface area (Å²) in [6.07, 6.45) is 0. The summed E-state index contributed by atoms with van der Waals surface area (Å²) in [4.78, 5) is 17.7. The Labute approximate surface area is 119 Å². The first-order valence-electron chi connectivity index (χ1n) is 5.46. The molecule has 0 aliphatic rings. The highest BCUT2D eigenvalue weighted by Crippen LogP contribution is 2.27. The van der Waals surface area contributed by atoms with E-state index in [1.54, 1.807) is 18.3 Å². The predicted molar refractivity (Wildman–Crippen MR) is 78.4 cm³/mol. The molecule has 0 aliphatic heterocycles. The molecule has 94 valence electrons. The normalized spacial score (nSPS) is 10.4. The van der Waals surface area contributed by atoms with Crippen LogP contribution in [-0.2, 0) is 6.54 Å². The molecular formula is C13H13BrN2OS. The van der Waals surface area contributed by atoms with Gasteiger partial charge in [0.25, 0.3) is 0 Å². The molecule has 0 amide bonds. The largest absolute Gasteiger partial charge is 0.368 e. The lowest BCUT2D eigenvalue weighted by molar-refractivity contribution is 0.101. The van der Waals surface area contributed by atoms with Crippen LogP contribution in [0.2, 0.25) is 0 Å². The average Bonchev–Trinajstić information content (AvgIpc) is 2.81. The van der Waals surface area contributed by atoms with E-state index in [9.17, 15) is 4.79 Å². The summed E-state index contributed by atoms with van der Waals surface area (Å²) in [5, 5.41) is 2.04. The molecular weight excluding hydrogens is 312 g/mol. The molecule has 0 spiro atoms. The van der Waals surface area contributed by atoms with Gasteiger partial charge in [-0.25, -0.2) is 4.98 Å². The molecule has 0 saturated carbocycles. The van der Waals surface area contributed by atoms with E-state index in [4.69, 9.17) is 0 Å². The first kappa shape index (κ1) is 13.2. The van der Waals surface area contributed by atoms with Crippen LogP contribution in [0.4, 0.5) is 5.69 Å². The average molecular weight is 325 g/mol. The van der Waals surface area contributed by atoms with Crippen molar-refractivity contribution in [1.29, 1.82) is 0 Å². The molecule has 0 radical (unpaired) electrons. The number of hydrogen-bond acceptors (Lipinski definition) is 4. The van der Waals surface area contributed by atoms with Gasteiger partial charge in [-0.05, 0) is 41.1 Å². The molecule has 0 saturated heterocycles. The number of Topliss-reactive ketones (excluding diaryl/α,β-unsaturated/α-hetero) is 1. The van der Waals surface area contributed by atoms with Crippen LogP contribution in [0.25, 0.3) is 0 Å². The molecule has 0 fully saturated rings. The van der Waals surface area contributed by atoms with E-state index in [2.05, 4.69) is 25.8 Å². The minimum atomic E-state index is 0.0735. The maximum absolute atomic E-state index is 11.3. The Balaban J connectivity index is 2.20. The quantitative estimate of drug-likeness (QED) is 0.803. The predicted octanol–water partition coefficient (Wildman–Crippen LogP) is 3.74. The van der Waals surface area contributed by atoms with Gasteiger partial charge >= 0.3 is 0 Å². The highest BCUT2D eigenvalue weighted by molar-refractivity contribution is 9.10. The second-order valence-electron chi connectivity index (χ2n) is 4.06. The van der Waals surface area contributed by atoms with Gasteiger partial charge in [0, 0.05) is 22.5 Å². The maximum Gasteiger partial charge on any atom is 0.159 e. The maximum atomic E-state index is 11.3. The summed E-state index contributed by atoms with van der Waals surface area (Å²) in [6.45, 7) is 2.32. The highest BCUT2D eigenvalue weighted by atomic mass is 79.9. The fraction of sp³-hybridized carbons (Fsp3) is 0.231. The number of ketones is 1. The third-order valence-electron chi connectivity index (χ3n) is 2.65. The van der Waals surface area contributed by atoms with Gasteiger partial charge in [0.05, 0.1) is 23.4 Å². The van der Waals surface area contributed by atoms with E-state index in [1.165, 1.54) is 0 Å². The Kier molecular flexibility index (Phi) is 4.14. The van der Waals surface area contributed by atoms with Gasteiger partial charge in [0.15, 0.2) is 5.78 Å². The SMILES string of the molecule is CC(=O)c1ccc(N(C)Cc2cscn2)c(Br)c1. The van der Waals surface area contributed by atoms with E-state index >= 15 is 0 Å². The number of halogens is 1. The van der Waals surface area contributed by atoms with Crippen molar-refractivity contribution in [2.75, 3.05) is 11.9 Å². The van der Waals surface area contributed by atoms with E-state index in [0.717, 1.165) is 22.4 Å². The number of carbonyl (C=O) groups excluding carboxylic acids is 1. The summed E-state index contributed by atoms with van der Waals surface area (Å²) in [7, 11) is 2.01. The van der Waals surface area contributed by atoms with E-state index in [-0.39, 0.29) is 5.78 Å². The Hall–Kier alpha value is -1.20. The zero-order chi connectivity index (χ0) is 13.1. The lowest BCUT2D eigenvalue weighted by Gasteiger charge is -2.20. The van der Waals surface area contributed by atoms with Crippen LogP contribution in [0.1, 0.15) is 23.0 Å². The lowest BCUT2D eigenvalue weighted by atomic mass is 10.1. The number of carbonyl (C=O) groups is 1. The molecule has 3 nitrogen and oxygen atoms in total. The first-order chi connectivity index (χ1) is 8.58. The summed E-state index contributed by atoms with van der Waals surface area (Å²) in [5.74, 6) is 0.0735.